The summed E-state index contributed by atoms with van der Waals surface area (Å²) in [5, 5.41) is 0. The second-order valence-electron chi connectivity index (χ2n) is 8.27. The SMILES string of the molecule is C=CC(CCCc1cccc(Oc2ccccc2)c1)(c1ccc(OCC)cc1)C(C)C. The van der Waals surface area contributed by atoms with Crippen molar-refractivity contribution in [3.63, 3.8) is 0 Å². The van der Waals surface area contributed by atoms with Crippen molar-refractivity contribution in [2.24, 2.45) is 5.92 Å². The summed E-state index contributed by atoms with van der Waals surface area (Å²) in [5.74, 6) is 3.12. The van der Waals surface area contributed by atoms with E-state index in [-0.39, 0.29) is 5.41 Å². The van der Waals surface area contributed by atoms with E-state index in [9.17, 15) is 0 Å². The van der Waals surface area contributed by atoms with Gasteiger partial charge in [0.25, 0.3) is 0 Å². The van der Waals surface area contributed by atoms with E-state index in [0.29, 0.717) is 12.5 Å². The fourth-order valence-electron chi connectivity index (χ4n) is 4.22. The van der Waals surface area contributed by atoms with Crippen molar-refractivity contribution >= 4 is 0 Å². The highest BCUT2D eigenvalue weighted by Gasteiger charge is 2.32. The van der Waals surface area contributed by atoms with Gasteiger partial charge in [-0.05, 0) is 79.6 Å². The standard InChI is InChI=1S/C29H34O2/c1-5-29(23(3)4,25-17-19-26(20-18-25)30-6-2)21-11-13-24-12-10-16-28(22-24)31-27-14-8-7-9-15-27/h5,7-10,12,14-20,22-23H,1,6,11,13,21H2,2-4H3. The lowest BCUT2D eigenvalue weighted by molar-refractivity contribution is 0.336. The number of aryl methyl sites for hydroxylation is 1. The monoisotopic (exact) mass is 414 g/mol. The first-order valence-electron chi connectivity index (χ1n) is 11.3. The van der Waals surface area contributed by atoms with Gasteiger partial charge in [-0.1, -0.05) is 62.4 Å². The molecule has 162 valence electrons. The lowest BCUT2D eigenvalue weighted by atomic mass is 9.68. The fourth-order valence-corrected chi connectivity index (χ4v) is 4.22. The summed E-state index contributed by atoms with van der Waals surface area (Å²) in [5.41, 5.74) is 2.55. The molecule has 0 saturated carbocycles. The highest BCUT2D eigenvalue weighted by molar-refractivity contribution is 5.37. The molecule has 0 aliphatic heterocycles. The lowest BCUT2D eigenvalue weighted by Crippen LogP contribution is -2.30. The van der Waals surface area contributed by atoms with Crippen LogP contribution in [0.15, 0.2) is 91.5 Å². The molecule has 0 heterocycles. The Balaban J connectivity index is 1.68. The number of hydrogen-bond donors (Lipinski definition) is 0. The van der Waals surface area contributed by atoms with E-state index < -0.39 is 0 Å². The Hall–Kier alpha value is -3.00. The van der Waals surface area contributed by atoms with Gasteiger partial charge in [0.15, 0.2) is 0 Å². The van der Waals surface area contributed by atoms with Crippen LogP contribution in [0.2, 0.25) is 0 Å². The third-order valence-electron chi connectivity index (χ3n) is 6.03. The molecule has 0 fully saturated rings. The van der Waals surface area contributed by atoms with E-state index in [1.807, 2.05) is 43.3 Å². The number of hydrogen-bond acceptors (Lipinski definition) is 2. The van der Waals surface area contributed by atoms with Crippen molar-refractivity contribution in [3.05, 3.63) is 103 Å². The summed E-state index contributed by atoms with van der Waals surface area (Å²) in [6.45, 7) is 11.5. The van der Waals surface area contributed by atoms with Crippen LogP contribution in [0.1, 0.15) is 44.7 Å². The molecule has 0 aromatic heterocycles. The van der Waals surface area contributed by atoms with Crippen LogP contribution in [0.25, 0.3) is 0 Å². The molecule has 0 saturated heterocycles. The summed E-state index contributed by atoms with van der Waals surface area (Å²) in [7, 11) is 0. The predicted molar refractivity (Wildman–Crippen MR) is 130 cm³/mol. The normalized spacial score (nSPS) is 12.9. The largest absolute Gasteiger partial charge is 0.494 e. The molecule has 3 aromatic carbocycles. The van der Waals surface area contributed by atoms with E-state index in [0.717, 1.165) is 36.5 Å². The van der Waals surface area contributed by atoms with Crippen LogP contribution in [-0.4, -0.2) is 6.61 Å². The van der Waals surface area contributed by atoms with Gasteiger partial charge < -0.3 is 9.47 Å². The van der Waals surface area contributed by atoms with Crippen LogP contribution < -0.4 is 9.47 Å². The maximum Gasteiger partial charge on any atom is 0.127 e. The average Bonchev–Trinajstić information content (AvgIpc) is 2.78. The van der Waals surface area contributed by atoms with Gasteiger partial charge in [-0.2, -0.15) is 0 Å². The summed E-state index contributed by atoms with van der Waals surface area (Å²) >= 11 is 0. The highest BCUT2D eigenvalue weighted by Crippen LogP contribution is 2.39. The van der Waals surface area contributed by atoms with Crippen molar-refractivity contribution in [3.8, 4) is 17.2 Å². The molecule has 31 heavy (non-hydrogen) atoms. The summed E-state index contributed by atoms with van der Waals surface area (Å²) in [6.07, 6.45) is 5.27. The lowest BCUT2D eigenvalue weighted by Gasteiger charge is -2.36. The molecule has 0 amide bonds. The molecule has 3 rings (SSSR count). The van der Waals surface area contributed by atoms with E-state index in [4.69, 9.17) is 9.47 Å². The first-order valence-corrected chi connectivity index (χ1v) is 11.3. The Bertz CT molecular complexity index is 944. The maximum atomic E-state index is 6.00. The van der Waals surface area contributed by atoms with Gasteiger partial charge in [-0.3, -0.25) is 0 Å². The second-order valence-corrected chi connectivity index (χ2v) is 8.27. The van der Waals surface area contributed by atoms with E-state index in [1.54, 1.807) is 0 Å². The maximum absolute atomic E-state index is 6.00. The zero-order valence-corrected chi connectivity index (χ0v) is 19.0. The first-order chi connectivity index (χ1) is 15.1. The molecular formula is C29H34O2. The van der Waals surface area contributed by atoms with Crippen molar-refractivity contribution in [1.29, 1.82) is 0 Å². The van der Waals surface area contributed by atoms with Gasteiger partial charge in [-0.15, -0.1) is 6.58 Å². The topological polar surface area (TPSA) is 18.5 Å². The molecule has 0 spiro atoms. The molecule has 0 bridgehead atoms. The molecule has 0 radical (unpaired) electrons. The van der Waals surface area contributed by atoms with Gasteiger partial charge in [0.05, 0.1) is 6.61 Å². The quantitative estimate of drug-likeness (QED) is 0.296. The van der Waals surface area contributed by atoms with E-state index in [1.165, 1.54) is 11.1 Å². The Kier molecular flexibility index (Phi) is 7.94. The van der Waals surface area contributed by atoms with Crippen molar-refractivity contribution < 1.29 is 9.47 Å². The number of para-hydroxylation sites is 1. The number of rotatable bonds is 11. The molecule has 1 atom stereocenters. The first kappa shape index (κ1) is 22.7. The Morgan fingerprint density at radius 1 is 0.871 bits per heavy atom. The smallest absolute Gasteiger partial charge is 0.127 e. The van der Waals surface area contributed by atoms with Gasteiger partial charge in [0, 0.05) is 5.41 Å². The minimum absolute atomic E-state index is 0.0527. The minimum Gasteiger partial charge on any atom is -0.494 e. The van der Waals surface area contributed by atoms with Crippen LogP contribution >= 0.6 is 0 Å². The minimum atomic E-state index is -0.0527. The Morgan fingerprint density at radius 2 is 1.58 bits per heavy atom. The Morgan fingerprint density at radius 3 is 2.23 bits per heavy atom. The average molecular weight is 415 g/mol. The van der Waals surface area contributed by atoms with Crippen LogP contribution in [0, 0.1) is 5.92 Å². The fraction of sp³-hybridized carbons (Fsp3) is 0.310. The molecule has 0 aliphatic carbocycles. The van der Waals surface area contributed by atoms with Crippen molar-refractivity contribution in [2.75, 3.05) is 6.61 Å². The van der Waals surface area contributed by atoms with Gasteiger partial charge in [0.2, 0.25) is 0 Å². The Labute approximate surface area is 187 Å². The van der Waals surface area contributed by atoms with E-state index >= 15 is 0 Å². The predicted octanol–water partition coefficient (Wildman–Crippen LogP) is 7.98. The summed E-state index contributed by atoms with van der Waals surface area (Å²) in [6, 6.07) is 26.9. The number of allylic oxidation sites excluding steroid dienone is 1. The third kappa shape index (κ3) is 5.79. The molecule has 0 aliphatic rings. The van der Waals surface area contributed by atoms with Crippen LogP contribution in [0.5, 0.6) is 17.2 Å². The van der Waals surface area contributed by atoms with Gasteiger partial charge >= 0.3 is 0 Å². The summed E-state index contributed by atoms with van der Waals surface area (Å²) < 4.78 is 11.6. The van der Waals surface area contributed by atoms with Crippen LogP contribution in [-0.2, 0) is 11.8 Å². The van der Waals surface area contributed by atoms with Crippen molar-refractivity contribution in [2.45, 2.75) is 45.4 Å². The molecule has 3 aromatic rings. The second kappa shape index (κ2) is 10.9. The van der Waals surface area contributed by atoms with Crippen molar-refractivity contribution in [1.82, 2.24) is 0 Å². The van der Waals surface area contributed by atoms with Gasteiger partial charge in [-0.25, -0.2) is 0 Å². The summed E-state index contributed by atoms with van der Waals surface area (Å²) in [4.78, 5) is 0. The van der Waals surface area contributed by atoms with Crippen LogP contribution in [0.4, 0.5) is 0 Å². The highest BCUT2D eigenvalue weighted by atomic mass is 16.5. The molecule has 0 N–H and O–H groups in total. The zero-order valence-electron chi connectivity index (χ0n) is 19.0. The number of ether oxygens (including phenoxy) is 2. The molecule has 2 heteroatoms. The zero-order chi connectivity index (χ0) is 22.1. The molecule has 1 unspecified atom stereocenters. The third-order valence-corrected chi connectivity index (χ3v) is 6.03. The molecular weight excluding hydrogens is 380 g/mol. The van der Waals surface area contributed by atoms with Gasteiger partial charge in [0.1, 0.15) is 17.2 Å². The molecule has 2 nitrogen and oxygen atoms in total. The number of benzene rings is 3. The van der Waals surface area contributed by atoms with E-state index in [2.05, 4.69) is 69.0 Å². The van der Waals surface area contributed by atoms with Crippen LogP contribution in [0.3, 0.4) is 0 Å².